The highest BCUT2D eigenvalue weighted by atomic mass is 16.3. The Labute approximate surface area is 475 Å². The van der Waals surface area contributed by atoms with Gasteiger partial charge in [-0.3, -0.25) is 0 Å². The van der Waals surface area contributed by atoms with E-state index in [0.717, 1.165) is 99.9 Å². The normalized spacial score (nSPS) is 12.5. The molecular formula is C79H51NO2. The molecule has 0 fully saturated rings. The van der Waals surface area contributed by atoms with Crippen molar-refractivity contribution in [2.75, 3.05) is 4.90 Å². The maximum atomic E-state index is 6.73. The molecule has 2 aromatic heterocycles. The van der Waals surface area contributed by atoms with E-state index < -0.39 is 5.41 Å². The first-order valence-electron chi connectivity index (χ1n) is 28.1. The van der Waals surface area contributed by atoms with Gasteiger partial charge in [-0.25, -0.2) is 0 Å². The summed E-state index contributed by atoms with van der Waals surface area (Å²) >= 11 is 0. The molecule has 15 aromatic rings. The standard InChI is InChI=1S/C79H51NO2/c1-5-19-52(20-6-1)54-33-35-56(36-34-54)75-65(47-49-73-77(75)67-28-14-17-31-71(67)81-73)66-48-50-74-78(68-29-15-18-32-72(68)82-74)76(66)57-39-43-61(44-40-57)80(60-41-37-55(38-42-60)53-21-7-2-8-22-53)62-45-46-64-63-27-13-16-30-69(63)79(70(64)51-62,58-23-9-3-10-24-58)59-25-11-4-12-26-59/h1-51H. The maximum absolute atomic E-state index is 6.73. The van der Waals surface area contributed by atoms with Crippen LogP contribution in [0.3, 0.4) is 0 Å². The smallest absolute Gasteiger partial charge is 0.136 e. The Bertz CT molecular complexity index is 4830. The number of furan rings is 2. The molecule has 0 saturated heterocycles. The van der Waals surface area contributed by atoms with Crippen LogP contribution in [0.15, 0.2) is 318 Å². The molecule has 3 nitrogen and oxygen atoms in total. The van der Waals surface area contributed by atoms with Gasteiger partial charge in [-0.15, -0.1) is 0 Å². The van der Waals surface area contributed by atoms with E-state index in [9.17, 15) is 0 Å². The van der Waals surface area contributed by atoms with Gasteiger partial charge >= 0.3 is 0 Å². The Morgan fingerprint density at radius 2 is 0.610 bits per heavy atom. The lowest BCUT2D eigenvalue weighted by Gasteiger charge is -2.35. The van der Waals surface area contributed by atoms with Crippen LogP contribution in [0, 0.1) is 0 Å². The van der Waals surface area contributed by atoms with Crippen LogP contribution in [0.5, 0.6) is 0 Å². The highest BCUT2D eigenvalue weighted by Gasteiger charge is 2.46. The molecular weight excluding hydrogens is 995 g/mol. The molecule has 16 rings (SSSR count). The van der Waals surface area contributed by atoms with Crippen molar-refractivity contribution in [2.45, 2.75) is 5.41 Å². The highest BCUT2D eigenvalue weighted by Crippen LogP contribution is 2.58. The van der Waals surface area contributed by atoms with Crippen molar-refractivity contribution < 1.29 is 8.83 Å². The minimum Gasteiger partial charge on any atom is -0.456 e. The third-order valence-electron chi connectivity index (χ3n) is 17.0. The molecule has 3 heteroatoms. The summed E-state index contributed by atoms with van der Waals surface area (Å²) < 4.78 is 13.4. The van der Waals surface area contributed by atoms with Crippen LogP contribution in [-0.4, -0.2) is 0 Å². The average molecular weight is 1050 g/mol. The first-order valence-corrected chi connectivity index (χ1v) is 28.1. The van der Waals surface area contributed by atoms with Crippen molar-refractivity contribution in [3.05, 3.63) is 332 Å². The SMILES string of the molecule is c1ccc(-c2ccc(-c3c(-c4ccc5oc6ccccc6c5c4-c4ccc(N(c5ccc(-c6ccccc6)cc5)c5ccc6c(c5)C(c5ccccc5)(c5ccccc5)c5ccccc5-6)cc4)ccc4oc5ccccc5c34)cc2)cc1. The Morgan fingerprint density at radius 1 is 0.244 bits per heavy atom. The van der Waals surface area contributed by atoms with Gasteiger partial charge in [0.2, 0.25) is 0 Å². The quantitative estimate of drug-likeness (QED) is 0.137. The van der Waals surface area contributed by atoms with E-state index in [2.05, 4.69) is 308 Å². The van der Waals surface area contributed by atoms with Crippen LogP contribution in [0.2, 0.25) is 0 Å². The van der Waals surface area contributed by atoms with E-state index in [-0.39, 0.29) is 0 Å². The van der Waals surface area contributed by atoms with Gasteiger partial charge < -0.3 is 13.7 Å². The summed E-state index contributed by atoms with van der Waals surface area (Å²) in [4.78, 5) is 2.42. The zero-order valence-corrected chi connectivity index (χ0v) is 44.7. The number of benzene rings is 13. The van der Waals surface area contributed by atoms with Crippen LogP contribution in [-0.2, 0) is 5.41 Å². The van der Waals surface area contributed by atoms with E-state index in [0.29, 0.717) is 0 Å². The Hall–Kier alpha value is -10.7. The summed E-state index contributed by atoms with van der Waals surface area (Å²) in [6.45, 7) is 0. The molecule has 0 radical (unpaired) electrons. The van der Waals surface area contributed by atoms with E-state index >= 15 is 0 Å². The molecule has 1 aliphatic carbocycles. The van der Waals surface area contributed by atoms with Crippen molar-refractivity contribution in [1.82, 2.24) is 0 Å². The number of hydrogen-bond donors (Lipinski definition) is 0. The zero-order chi connectivity index (χ0) is 54.1. The minimum absolute atomic E-state index is 0.561. The van der Waals surface area contributed by atoms with Gasteiger partial charge in [0.05, 0.1) is 5.41 Å². The van der Waals surface area contributed by atoms with Gasteiger partial charge in [-0.2, -0.15) is 0 Å². The Morgan fingerprint density at radius 3 is 1.12 bits per heavy atom. The third kappa shape index (κ3) is 7.51. The number of nitrogens with zero attached hydrogens (tertiary/aromatic N) is 1. The maximum Gasteiger partial charge on any atom is 0.136 e. The second-order valence-electron chi connectivity index (χ2n) is 21.4. The number of para-hydroxylation sites is 2. The molecule has 0 spiro atoms. The van der Waals surface area contributed by atoms with Crippen molar-refractivity contribution in [1.29, 1.82) is 0 Å². The molecule has 1 aliphatic rings. The molecule has 0 aliphatic heterocycles. The van der Waals surface area contributed by atoms with Gasteiger partial charge in [-0.05, 0) is 151 Å². The van der Waals surface area contributed by atoms with Gasteiger partial charge in [0.15, 0.2) is 0 Å². The predicted octanol–water partition coefficient (Wildman–Crippen LogP) is 21.7. The van der Waals surface area contributed by atoms with Crippen LogP contribution < -0.4 is 4.90 Å². The van der Waals surface area contributed by atoms with Crippen LogP contribution >= 0.6 is 0 Å². The molecule has 82 heavy (non-hydrogen) atoms. The predicted molar refractivity (Wildman–Crippen MR) is 340 cm³/mol. The fourth-order valence-corrected chi connectivity index (χ4v) is 13.4. The summed E-state index contributed by atoms with van der Waals surface area (Å²) in [6, 6.07) is 112. The first kappa shape index (κ1) is 47.3. The largest absolute Gasteiger partial charge is 0.456 e. The molecule has 0 bridgehead atoms. The first-order chi connectivity index (χ1) is 40.7. The number of fused-ring (bicyclic) bond motifs is 9. The molecule has 0 atom stereocenters. The lowest BCUT2D eigenvalue weighted by atomic mass is 9.67. The molecule has 13 aromatic carbocycles. The monoisotopic (exact) mass is 1050 g/mol. The molecule has 0 amide bonds. The highest BCUT2D eigenvalue weighted by molar-refractivity contribution is 6.20. The molecule has 0 N–H and O–H groups in total. The molecule has 384 valence electrons. The average Bonchev–Trinajstić information content (AvgIpc) is 3.51. The zero-order valence-electron chi connectivity index (χ0n) is 44.7. The van der Waals surface area contributed by atoms with E-state index in [1.165, 1.54) is 50.1 Å². The van der Waals surface area contributed by atoms with Gasteiger partial charge in [0, 0.05) is 49.7 Å². The fraction of sp³-hybridized carbons (Fsp3) is 0.0127. The Kier molecular flexibility index (Phi) is 11.1. The molecule has 2 heterocycles. The van der Waals surface area contributed by atoms with E-state index in [1.807, 2.05) is 6.07 Å². The number of hydrogen-bond acceptors (Lipinski definition) is 3. The second kappa shape index (κ2) is 19.3. The topological polar surface area (TPSA) is 29.5 Å². The minimum atomic E-state index is -0.561. The Balaban J connectivity index is 0.907. The van der Waals surface area contributed by atoms with Crippen molar-refractivity contribution in [2.24, 2.45) is 0 Å². The van der Waals surface area contributed by atoms with E-state index in [1.54, 1.807) is 0 Å². The molecule has 0 saturated carbocycles. The summed E-state index contributed by atoms with van der Waals surface area (Å²) in [7, 11) is 0. The van der Waals surface area contributed by atoms with Gasteiger partial charge in [0.25, 0.3) is 0 Å². The van der Waals surface area contributed by atoms with Crippen LogP contribution in [0.25, 0.3) is 111 Å². The number of rotatable bonds is 10. The lowest BCUT2D eigenvalue weighted by Crippen LogP contribution is -2.28. The fourth-order valence-electron chi connectivity index (χ4n) is 13.4. The van der Waals surface area contributed by atoms with Crippen LogP contribution in [0.1, 0.15) is 22.3 Å². The number of anilines is 3. The van der Waals surface area contributed by atoms with Crippen molar-refractivity contribution >= 4 is 60.9 Å². The summed E-state index contributed by atoms with van der Waals surface area (Å²) in [5.41, 5.74) is 24.8. The van der Waals surface area contributed by atoms with E-state index in [4.69, 9.17) is 8.83 Å². The van der Waals surface area contributed by atoms with Crippen molar-refractivity contribution in [3.63, 3.8) is 0 Å². The third-order valence-corrected chi connectivity index (χ3v) is 17.0. The molecule has 0 unspecified atom stereocenters. The van der Waals surface area contributed by atoms with Gasteiger partial charge in [0.1, 0.15) is 22.3 Å². The van der Waals surface area contributed by atoms with Gasteiger partial charge in [-0.1, -0.05) is 237 Å². The van der Waals surface area contributed by atoms with Crippen molar-refractivity contribution in [3.8, 4) is 66.8 Å². The lowest BCUT2D eigenvalue weighted by molar-refractivity contribution is 0.668. The second-order valence-corrected chi connectivity index (χ2v) is 21.4. The van der Waals surface area contributed by atoms with Crippen LogP contribution in [0.4, 0.5) is 17.1 Å². The summed E-state index contributed by atoms with van der Waals surface area (Å²) in [5.74, 6) is 0. The summed E-state index contributed by atoms with van der Waals surface area (Å²) in [6.07, 6.45) is 0. The summed E-state index contributed by atoms with van der Waals surface area (Å²) in [5, 5.41) is 4.32.